The van der Waals surface area contributed by atoms with Crippen molar-refractivity contribution < 1.29 is 4.79 Å². The Morgan fingerprint density at radius 1 is 0.833 bits per heavy atom. The van der Waals surface area contributed by atoms with Crippen LogP contribution in [0, 0.1) is 0 Å². The normalized spacial score (nSPS) is 10.4. The molecule has 4 aromatic rings. The van der Waals surface area contributed by atoms with E-state index in [-0.39, 0.29) is 5.91 Å². The van der Waals surface area contributed by atoms with E-state index in [1.165, 1.54) is 0 Å². The van der Waals surface area contributed by atoms with Gasteiger partial charge in [0, 0.05) is 35.2 Å². The van der Waals surface area contributed by atoms with Crippen LogP contribution in [-0.2, 0) is 5.88 Å². The van der Waals surface area contributed by atoms with Gasteiger partial charge in [0.1, 0.15) is 0 Å². The zero-order valence-electron chi connectivity index (χ0n) is 15.9. The largest absolute Gasteiger partial charge is 0.324 e. The number of anilines is 3. The van der Waals surface area contributed by atoms with Crippen molar-refractivity contribution in [1.29, 1.82) is 0 Å². The Hall–Kier alpha value is -3.77. The second kappa shape index (κ2) is 9.15. The Labute approximate surface area is 179 Å². The number of nitrogens with zero attached hydrogens (tertiary/aromatic N) is 3. The Morgan fingerprint density at radius 2 is 1.67 bits per heavy atom. The number of alkyl halides is 1. The SMILES string of the molecule is O=C(Nc1cccc(Nc2nccc(-c3ccccn3)n2)c1)c1ccc(CCl)cc1. The minimum Gasteiger partial charge on any atom is -0.324 e. The molecule has 0 aliphatic rings. The predicted octanol–water partition coefficient (Wildman–Crippen LogP) is 5.27. The molecule has 30 heavy (non-hydrogen) atoms. The van der Waals surface area contributed by atoms with E-state index in [4.69, 9.17) is 11.6 Å². The number of benzene rings is 2. The minimum absolute atomic E-state index is 0.193. The number of hydrogen-bond donors (Lipinski definition) is 2. The summed E-state index contributed by atoms with van der Waals surface area (Å²) in [6.07, 6.45) is 3.40. The van der Waals surface area contributed by atoms with Gasteiger partial charge < -0.3 is 10.6 Å². The second-order valence-corrected chi connectivity index (χ2v) is 6.74. The fourth-order valence-corrected chi connectivity index (χ4v) is 3.01. The summed E-state index contributed by atoms with van der Waals surface area (Å²) in [6, 6.07) is 22.0. The van der Waals surface area contributed by atoms with E-state index in [2.05, 4.69) is 25.6 Å². The van der Waals surface area contributed by atoms with E-state index < -0.39 is 0 Å². The van der Waals surface area contributed by atoms with Crippen molar-refractivity contribution >= 4 is 34.8 Å². The fourth-order valence-electron chi connectivity index (χ4n) is 2.83. The lowest BCUT2D eigenvalue weighted by Gasteiger charge is -2.10. The van der Waals surface area contributed by atoms with Crippen LogP contribution in [0.3, 0.4) is 0 Å². The molecule has 4 rings (SSSR count). The van der Waals surface area contributed by atoms with Crippen LogP contribution in [0.15, 0.2) is 85.2 Å². The zero-order chi connectivity index (χ0) is 20.8. The highest BCUT2D eigenvalue weighted by molar-refractivity contribution is 6.17. The highest BCUT2D eigenvalue weighted by Crippen LogP contribution is 2.21. The summed E-state index contributed by atoms with van der Waals surface area (Å²) < 4.78 is 0. The molecule has 148 valence electrons. The van der Waals surface area contributed by atoms with E-state index in [9.17, 15) is 4.79 Å². The first-order chi connectivity index (χ1) is 14.7. The molecule has 0 spiro atoms. The van der Waals surface area contributed by atoms with Gasteiger partial charge in [-0.25, -0.2) is 9.97 Å². The molecule has 0 saturated heterocycles. The average molecular weight is 416 g/mol. The summed E-state index contributed by atoms with van der Waals surface area (Å²) in [4.78, 5) is 25.6. The van der Waals surface area contributed by atoms with E-state index in [0.717, 1.165) is 22.6 Å². The van der Waals surface area contributed by atoms with E-state index >= 15 is 0 Å². The molecule has 0 radical (unpaired) electrons. The second-order valence-electron chi connectivity index (χ2n) is 6.47. The molecule has 6 nitrogen and oxygen atoms in total. The Morgan fingerprint density at radius 3 is 2.43 bits per heavy atom. The summed E-state index contributed by atoms with van der Waals surface area (Å²) in [5, 5.41) is 6.06. The summed E-state index contributed by atoms with van der Waals surface area (Å²) in [7, 11) is 0. The van der Waals surface area contributed by atoms with Gasteiger partial charge in [-0.1, -0.05) is 24.3 Å². The van der Waals surface area contributed by atoms with E-state index in [1.807, 2.05) is 54.6 Å². The number of nitrogens with one attached hydrogen (secondary N) is 2. The topological polar surface area (TPSA) is 79.8 Å². The van der Waals surface area contributed by atoms with Gasteiger partial charge in [-0.05, 0) is 54.1 Å². The highest BCUT2D eigenvalue weighted by atomic mass is 35.5. The lowest BCUT2D eigenvalue weighted by Crippen LogP contribution is -2.12. The van der Waals surface area contributed by atoms with Crippen molar-refractivity contribution in [2.75, 3.05) is 10.6 Å². The van der Waals surface area contributed by atoms with Crippen molar-refractivity contribution in [2.24, 2.45) is 0 Å². The van der Waals surface area contributed by atoms with Crippen LogP contribution in [-0.4, -0.2) is 20.9 Å². The molecular weight excluding hydrogens is 398 g/mol. The number of carbonyl (C=O) groups excluding carboxylic acids is 1. The first kappa shape index (κ1) is 19.5. The first-order valence-corrected chi connectivity index (χ1v) is 9.82. The first-order valence-electron chi connectivity index (χ1n) is 9.29. The maximum atomic E-state index is 12.5. The average Bonchev–Trinajstić information content (AvgIpc) is 2.80. The summed E-state index contributed by atoms with van der Waals surface area (Å²) in [5.41, 5.74) is 4.43. The van der Waals surface area contributed by atoms with Crippen LogP contribution in [0.1, 0.15) is 15.9 Å². The number of aromatic nitrogens is 3. The molecule has 0 fully saturated rings. The van der Waals surface area contributed by atoms with E-state index in [0.29, 0.717) is 23.1 Å². The van der Waals surface area contributed by atoms with Crippen LogP contribution in [0.25, 0.3) is 11.4 Å². The molecule has 0 bridgehead atoms. The standard InChI is InChI=1S/C23H18ClN5O/c24-15-16-7-9-17(10-8-16)22(30)27-18-4-3-5-19(14-18)28-23-26-13-11-21(29-23)20-6-1-2-12-25-20/h1-14H,15H2,(H,27,30)(H,26,28,29). The monoisotopic (exact) mass is 415 g/mol. The molecular formula is C23H18ClN5O. The molecule has 1 amide bonds. The molecule has 0 atom stereocenters. The van der Waals surface area contributed by atoms with Crippen LogP contribution in [0.4, 0.5) is 17.3 Å². The number of rotatable bonds is 6. The predicted molar refractivity (Wildman–Crippen MR) is 119 cm³/mol. The maximum absolute atomic E-state index is 12.5. The van der Waals surface area contributed by atoms with Gasteiger partial charge in [0.25, 0.3) is 5.91 Å². The van der Waals surface area contributed by atoms with Gasteiger partial charge >= 0.3 is 0 Å². The quantitative estimate of drug-likeness (QED) is 0.419. The number of carbonyl (C=O) groups is 1. The van der Waals surface area contributed by atoms with Gasteiger partial charge in [-0.15, -0.1) is 11.6 Å². The number of pyridine rings is 1. The molecule has 0 saturated carbocycles. The molecule has 7 heteroatoms. The van der Waals surface area contributed by atoms with Crippen LogP contribution < -0.4 is 10.6 Å². The minimum atomic E-state index is -0.193. The maximum Gasteiger partial charge on any atom is 0.255 e. The van der Waals surface area contributed by atoms with E-state index in [1.54, 1.807) is 30.6 Å². The van der Waals surface area contributed by atoms with Crippen LogP contribution >= 0.6 is 11.6 Å². The summed E-state index contributed by atoms with van der Waals surface area (Å²) >= 11 is 5.80. The lowest BCUT2D eigenvalue weighted by molar-refractivity contribution is 0.102. The van der Waals surface area contributed by atoms with Crippen LogP contribution in [0.2, 0.25) is 0 Å². The smallest absolute Gasteiger partial charge is 0.255 e. The number of amides is 1. The molecule has 0 aliphatic heterocycles. The number of halogens is 1. The van der Waals surface area contributed by atoms with Gasteiger partial charge in [0.2, 0.25) is 5.95 Å². The third-order valence-electron chi connectivity index (χ3n) is 4.33. The Kier molecular flexibility index (Phi) is 5.96. The summed E-state index contributed by atoms with van der Waals surface area (Å²) in [5.74, 6) is 0.666. The Bertz CT molecular complexity index is 1150. The molecule has 2 heterocycles. The molecule has 2 N–H and O–H groups in total. The van der Waals surface area contributed by atoms with Gasteiger partial charge in [-0.3, -0.25) is 9.78 Å². The van der Waals surface area contributed by atoms with Crippen molar-refractivity contribution in [3.63, 3.8) is 0 Å². The zero-order valence-corrected chi connectivity index (χ0v) is 16.7. The number of hydrogen-bond acceptors (Lipinski definition) is 5. The third-order valence-corrected chi connectivity index (χ3v) is 4.64. The van der Waals surface area contributed by atoms with Gasteiger partial charge in [0.05, 0.1) is 11.4 Å². The van der Waals surface area contributed by atoms with Gasteiger partial charge in [-0.2, -0.15) is 0 Å². The Balaban J connectivity index is 1.48. The summed E-state index contributed by atoms with van der Waals surface area (Å²) in [6.45, 7) is 0. The molecule has 0 aliphatic carbocycles. The molecule has 2 aromatic heterocycles. The third kappa shape index (κ3) is 4.79. The van der Waals surface area contributed by atoms with Crippen molar-refractivity contribution in [3.8, 4) is 11.4 Å². The van der Waals surface area contributed by atoms with Gasteiger partial charge in [0.15, 0.2) is 0 Å². The van der Waals surface area contributed by atoms with Crippen molar-refractivity contribution in [2.45, 2.75) is 5.88 Å². The van der Waals surface area contributed by atoms with Crippen molar-refractivity contribution in [3.05, 3.63) is 96.3 Å². The lowest BCUT2D eigenvalue weighted by atomic mass is 10.1. The van der Waals surface area contributed by atoms with Crippen LogP contribution in [0.5, 0.6) is 0 Å². The van der Waals surface area contributed by atoms with Crippen molar-refractivity contribution in [1.82, 2.24) is 15.0 Å². The fraction of sp³-hybridized carbons (Fsp3) is 0.0435. The molecule has 2 aromatic carbocycles. The highest BCUT2D eigenvalue weighted by Gasteiger charge is 2.08. The molecule has 0 unspecified atom stereocenters.